The maximum Gasteiger partial charge on any atom is 0.184 e. The molecule has 0 aromatic heterocycles. The molecule has 0 aliphatic heterocycles. The minimum atomic E-state index is -0.455. The van der Waals surface area contributed by atoms with Crippen LogP contribution in [-0.4, -0.2) is 23.0 Å². The molecule has 0 N–H and O–H groups in total. The highest BCUT2D eigenvalue weighted by Crippen LogP contribution is 2.00. The summed E-state index contributed by atoms with van der Waals surface area (Å²) in [5.74, 6) is 0. The van der Waals surface area contributed by atoms with Crippen LogP contribution in [0.5, 0.6) is 0 Å². The maximum absolute atomic E-state index is 5.51. The molecule has 0 aliphatic carbocycles. The van der Waals surface area contributed by atoms with Crippen molar-refractivity contribution in [1.82, 2.24) is 0 Å². The first-order valence-electron chi connectivity index (χ1n) is 5.24. The lowest BCUT2D eigenvalue weighted by atomic mass is 10.2. The van der Waals surface area contributed by atoms with Gasteiger partial charge in [-0.25, -0.2) is 0 Å². The molecule has 1 aromatic rings. The van der Waals surface area contributed by atoms with E-state index in [4.69, 9.17) is 9.16 Å². The number of rotatable bonds is 8. The molecule has 0 unspecified atom stereocenters. The Morgan fingerprint density at radius 1 is 1.20 bits per heavy atom. The zero-order valence-corrected chi connectivity index (χ0v) is 10.4. The van der Waals surface area contributed by atoms with Gasteiger partial charge >= 0.3 is 0 Å². The van der Waals surface area contributed by atoms with Crippen LogP contribution >= 0.6 is 0 Å². The van der Waals surface area contributed by atoms with Gasteiger partial charge in [0.15, 0.2) is 9.76 Å². The van der Waals surface area contributed by atoms with Crippen molar-refractivity contribution in [3.05, 3.63) is 48.2 Å². The van der Waals surface area contributed by atoms with Crippen molar-refractivity contribution in [2.75, 3.05) is 13.2 Å². The Labute approximate surface area is 93.9 Å². The minimum absolute atomic E-state index is 0.455. The maximum atomic E-state index is 5.51. The van der Waals surface area contributed by atoms with Crippen molar-refractivity contribution < 1.29 is 9.16 Å². The van der Waals surface area contributed by atoms with Crippen LogP contribution in [0.25, 0.3) is 0 Å². The average molecular weight is 222 g/mol. The monoisotopic (exact) mass is 222 g/mol. The molecule has 3 heteroatoms. The summed E-state index contributed by atoms with van der Waals surface area (Å²) >= 11 is 0. The lowest BCUT2D eigenvalue weighted by Gasteiger charge is -2.04. The SMILES string of the molecule is C=C[SiH2]OCCCOCc1ccccc1. The lowest BCUT2D eigenvalue weighted by molar-refractivity contribution is 0.108. The van der Waals surface area contributed by atoms with Crippen molar-refractivity contribution >= 4 is 9.76 Å². The van der Waals surface area contributed by atoms with Crippen molar-refractivity contribution in [1.29, 1.82) is 0 Å². The first kappa shape index (κ1) is 12.2. The fourth-order valence-electron chi connectivity index (χ4n) is 1.19. The minimum Gasteiger partial charge on any atom is -0.419 e. The van der Waals surface area contributed by atoms with E-state index in [1.807, 2.05) is 23.9 Å². The molecule has 0 heterocycles. The second-order valence-electron chi connectivity index (χ2n) is 3.26. The molecular weight excluding hydrogens is 204 g/mol. The van der Waals surface area contributed by atoms with Gasteiger partial charge in [0.2, 0.25) is 0 Å². The van der Waals surface area contributed by atoms with Gasteiger partial charge in [0.05, 0.1) is 6.61 Å². The van der Waals surface area contributed by atoms with Crippen LogP contribution in [0.4, 0.5) is 0 Å². The molecule has 0 radical (unpaired) electrons. The molecule has 15 heavy (non-hydrogen) atoms. The molecule has 1 rings (SSSR count). The first-order valence-corrected chi connectivity index (χ1v) is 6.63. The van der Waals surface area contributed by atoms with Crippen LogP contribution in [0, 0.1) is 0 Å². The van der Waals surface area contributed by atoms with Crippen LogP contribution in [0.15, 0.2) is 42.6 Å². The summed E-state index contributed by atoms with van der Waals surface area (Å²) < 4.78 is 10.9. The Morgan fingerprint density at radius 2 is 2.00 bits per heavy atom. The predicted molar refractivity (Wildman–Crippen MR) is 65.4 cm³/mol. The summed E-state index contributed by atoms with van der Waals surface area (Å²) in [5.41, 5.74) is 3.11. The fourth-order valence-corrected chi connectivity index (χ4v) is 1.73. The van der Waals surface area contributed by atoms with Crippen molar-refractivity contribution in [2.24, 2.45) is 0 Å². The smallest absolute Gasteiger partial charge is 0.184 e. The molecule has 1 aromatic carbocycles. The number of benzene rings is 1. The van der Waals surface area contributed by atoms with Crippen molar-refractivity contribution in [2.45, 2.75) is 13.0 Å². The highest BCUT2D eigenvalue weighted by molar-refractivity contribution is 6.33. The molecule has 0 amide bonds. The number of hydrogen-bond donors (Lipinski definition) is 0. The number of hydrogen-bond acceptors (Lipinski definition) is 2. The van der Waals surface area contributed by atoms with E-state index in [2.05, 4.69) is 18.7 Å². The quantitative estimate of drug-likeness (QED) is 0.493. The summed E-state index contributed by atoms with van der Waals surface area (Å²) in [5, 5.41) is 0. The summed E-state index contributed by atoms with van der Waals surface area (Å²) in [4.78, 5) is 0. The third-order valence-electron chi connectivity index (χ3n) is 1.92. The average Bonchev–Trinajstić information content (AvgIpc) is 2.29. The molecule has 0 bridgehead atoms. The van der Waals surface area contributed by atoms with Crippen LogP contribution in [0.2, 0.25) is 0 Å². The van der Waals surface area contributed by atoms with E-state index in [9.17, 15) is 0 Å². The van der Waals surface area contributed by atoms with Gasteiger partial charge in [-0.3, -0.25) is 0 Å². The van der Waals surface area contributed by atoms with Crippen molar-refractivity contribution in [3.8, 4) is 0 Å². The molecule has 0 saturated carbocycles. The molecular formula is C12H18O2Si. The Bertz CT molecular complexity index is 262. The van der Waals surface area contributed by atoms with E-state index in [0.717, 1.165) is 19.6 Å². The molecule has 0 spiro atoms. The largest absolute Gasteiger partial charge is 0.419 e. The Kier molecular flexibility index (Phi) is 6.82. The highest BCUT2D eigenvalue weighted by atomic mass is 28.2. The summed E-state index contributed by atoms with van der Waals surface area (Å²) in [6.07, 6.45) is 0.966. The molecule has 82 valence electrons. The van der Waals surface area contributed by atoms with E-state index in [1.165, 1.54) is 5.56 Å². The van der Waals surface area contributed by atoms with Gasteiger partial charge in [0.1, 0.15) is 0 Å². The molecule has 0 saturated heterocycles. The summed E-state index contributed by atoms with van der Waals surface area (Å²) in [6, 6.07) is 10.2. The predicted octanol–water partition coefficient (Wildman–Crippen LogP) is 1.84. The van der Waals surface area contributed by atoms with Crippen LogP contribution in [-0.2, 0) is 15.8 Å². The van der Waals surface area contributed by atoms with Gasteiger partial charge in [0, 0.05) is 13.2 Å². The topological polar surface area (TPSA) is 18.5 Å². The zero-order chi connectivity index (χ0) is 10.8. The summed E-state index contributed by atoms with van der Waals surface area (Å²) in [7, 11) is -0.455. The van der Waals surface area contributed by atoms with Crippen LogP contribution < -0.4 is 0 Å². The second kappa shape index (κ2) is 8.41. The van der Waals surface area contributed by atoms with Gasteiger partial charge in [-0.05, 0) is 12.0 Å². The summed E-state index contributed by atoms with van der Waals surface area (Å²) in [6.45, 7) is 5.90. The van der Waals surface area contributed by atoms with E-state index < -0.39 is 9.76 Å². The Morgan fingerprint density at radius 3 is 2.73 bits per heavy atom. The molecule has 0 atom stereocenters. The molecule has 0 fully saturated rings. The van der Waals surface area contributed by atoms with Gasteiger partial charge in [-0.2, -0.15) is 0 Å². The first-order chi connectivity index (χ1) is 7.43. The highest BCUT2D eigenvalue weighted by Gasteiger charge is 1.91. The lowest BCUT2D eigenvalue weighted by Crippen LogP contribution is -2.02. The van der Waals surface area contributed by atoms with E-state index in [-0.39, 0.29) is 0 Å². The Hall–Kier alpha value is -0.903. The normalized spacial score (nSPS) is 10.9. The fraction of sp³-hybridized carbons (Fsp3) is 0.333. The van der Waals surface area contributed by atoms with Gasteiger partial charge in [0.25, 0.3) is 0 Å². The third-order valence-corrected chi connectivity index (χ3v) is 2.68. The van der Waals surface area contributed by atoms with E-state index in [0.29, 0.717) is 6.61 Å². The van der Waals surface area contributed by atoms with Crippen molar-refractivity contribution in [3.63, 3.8) is 0 Å². The molecule has 0 aliphatic rings. The second-order valence-corrected chi connectivity index (χ2v) is 4.57. The van der Waals surface area contributed by atoms with Crippen LogP contribution in [0.1, 0.15) is 12.0 Å². The standard InChI is InChI=1S/C12H18O2Si/c1-2-15-14-10-6-9-13-11-12-7-4-3-5-8-12/h2-5,7-8H,1,6,9-11,15H2. The third kappa shape index (κ3) is 6.22. The van der Waals surface area contributed by atoms with Gasteiger partial charge < -0.3 is 9.16 Å². The van der Waals surface area contributed by atoms with Gasteiger partial charge in [-0.15, -0.1) is 6.58 Å². The van der Waals surface area contributed by atoms with Crippen LogP contribution in [0.3, 0.4) is 0 Å². The molecule has 2 nitrogen and oxygen atoms in total. The number of ether oxygens (including phenoxy) is 1. The van der Waals surface area contributed by atoms with Gasteiger partial charge in [-0.1, -0.05) is 36.0 Å². The van der Waals surface area contributed by atoms with E-state index >= 15 is 0 Å². The zero-order valence-electron chi connectivity index (χ0n) is 9.02. The van der Waals surface area contributed by atoms with E-state index in [1.54, 1.807) is 0 Å². The Balaban J connectivity index is 1.95.